The van der Waals surface area contributed by atoms with Crippen LogP contribution >= 0.6 is 0 Å². The number of ether oxygens (including phenoxy) is 1. The van der Waals surface area contributed by atoms with Gasteiger partial charge in [-0.3, -0.25) is 4.90 Å². The molecule has 0 aromatic heterocycles. The summed E-state index contributed by atoms with van der Waals surface area (Å²) < 4.78 is 5.24. The molecule has 0 heterocycles. The quantitative estimate of drug-likeness (QED) is 0.692. The van der Waals surface area contributed by atoms with Gasteiger partial charge in [0.15, 0.2) is 0 Å². The second-order valence-corrected chi connectivity index (χ2v) is 4.60. The smallest absolute Gasteiger partial charge is 0.0615 e. The maximum atomic E-state index is 5.24. The highest BCUT2D eigenvalue weighted by molar-refractivity contribution is 4.91. The van der Waals surface area contributed by atoms with Crippen molar-refractivity contribution in [3.05, 3.63) is 0 Å². The lowest BCUT2D eigenvalue weighted by molar-refractivity contribution is 0.00852. The van der Waals surface area contributed by atoms with Crippen LogP contribution in [0.25, 0.3) is 0 Å². The number of hydrogen-bond acceptors (Lipinski definition) is 3. The van der Waals surface area contributed by atoms with E-state index in [1.54, 1.807) is 7.11 Å². The maximum absolute atomic E-state index is 5.24. The van der Waals surface area contributed by atoms with Crippen LogP contribution < -0.4 is 5.32 Å². The monoisotopic (exact) mass is 214 g/mol. The molecule has 1 aliphatic rings. The summed E-state index contributed by atoms with van der Waals surface area (Å²) in [5, 5.41) is 3.29. The molecule has 0 saturated heterocycles. The molecule has 0 aliphatic heterocycles. The van der Waals surface area contributed by atoms with Crippen LogP contribution in [0.2, 0.25) is 0 Å². The van der Waals surface area contributed by atoms with E-state index in [2.05, 4.69) is 24.1 Å². The van der Waals surface area contributed by atoms with Crippen LogP contribution in [-0.4, -0.2) is 50.8 Å². The van der Waals surface area contributed by atoms with Gasteiger partial charge in [0.2, 0.25) is 0 Å². The van der Waals surface area contributed by atoms with E-state index < -0.39 is 0 Å². The van der Waals surface area contributed by atoms with Crippen molar-refractivity contribution >= 4 is 0 Å². The Morgan fingerprint density at radius 1 is 1.47 bits per heavy atom. The van der Waals surface area contributed by atoms with E-state index in [-0.39, 0.29) is 0 Å². The van der Waals surface area contributed by atoms with Crippen LogP contribution in [0.5, 0.6) is 0 Å². The summed E-state index contributed by atoms with van der Waals surface area (Å²) in [5.41, 5.74) is 0. The van der Waals surface area contributed by atoms with E-state index in [0.29, 0.717) is 6.04 Å². The number of nitrogens with zero attached hydrogens (tertiary/aromatic N) is 1. The SMILES string of the molecule is CCN(C(C)COC)C1CCC1CNC. The van der Waals surface area contributed by atoms with Gasteiger partial charge in [-0.15, -0.1) is 0 Å². The molecule has 15 heavy (non-hydrogen) atoms. The first kappa shape index (κ1) is 12.9. The van der Waals surface area contributed by atoms with Crippen LogP contribution in [-0.2, 0) is 4.74 Å². The molecule has 0 radical (unpaired) electrons. The van der Waals surface area contributed by atoms with Gasteiger partial charge in [0, 0.05) is 19.2 Å². The number of hydrogen-bond donors (Lipinski definition) is 1. The number of nitrogens with one attached hydrogen (secondary N) is 1. The lowest BCUT2D eigenvalue weighted by atomic mass is 9.78. The van der Waals surface area contributed by atoms with Gasteiger partial charge in [-0.2, -0.15) is 0 Å². The first-order valence-electron chi connectivity index (χ1n) is 6.13. The van der Waals surface area contributed by atoms with Gasteiger partial charge >= 0.3 is 0 Å². The van der Waals surface area contributed by atoms with E-state index in [0.717, 1.165) is 31.7 Å². The third-order valence-electron chi connectivity index (χ3n) is 3.61. The van der Waals surface area contributed by atoms with Gasteiger partial charge in [0.25, 0.3) is 0 Å². The molecule has 0 bridgehead atoms. The van der Waals surface area contributed by atoms with Crippen LogP contribution in [0.4, 0.5) is 0 Å². The maximum Gasteiger partial charge on any atom is 0.0615 e. The van der Waals surface area contributed by atoms with E-state index >= 15 is 0 Å². The van der Waals surface area contributed by atoms with Crippen molar-refractivity contribution in [2.75, 3.05) is 33.9 Å². The molecule has 3 atom stereocenters. The Kier molecular flexibility index (Phi) is 5.58. The summed E-state index contributed by atoms with van der Waals surface area (Å²) in [5.74, 6) is 0.842. The van der Waals surface area contributed by atoms with E-state index in [1.807, 2.05) is 7.05 Å². The second-order valence-electron chi connectivity index (χ2n) is 4.60. The minimum absolute atomic E-state index is 0.546. The standard InChI is InChI=1S/C12H26N2O/c1-5-14(10(2)9-15-4)12-7-6-11(12)8-13-3/h10-13H,5-9H2,1-4H3. The molecular formula is C12H26N2O. The zero-order valence-corrected chi connectivity index (χ0v) is 10.6. The minimum atomic E-state index is 0.546. The minimum Gasteiger partial charge on any atom is -0.383 e. The Labute approximate surface area is 94.2 Å². The number of likely N-dealkylation sites (N-methyl/N-ethyl adjacent to an activating group) is 1. The molecule has 90 valence electrons. The number of methoxy groups -OCH3 is 1. The van der Waals surface area contributed by atoms with Crippen molar-refractivity contribution < 1.29 is 4.74 Å². The van der Waals surface area contributed by atoms with Crippen molar-refractivity contribution in [3.63, 3.8) is 0 Å². The molecular weight excluding hydrogens is 188 g/mol. The fourth-order valence-corrected chi connectivity index (χ4v) is 2.70. The molecule has 3 heteroatoms. The molecule has 1 rings (SSSR count). The topological polar surface area (TPSA) is 24.5 Å². The Morgan fingerprint density at radius 3 is 2.60 bits per heavy atom. The lowest BCUT2D eigenvalue weighted by Crippen LogP contribution is -2.54. The van der Waals surface area contributed by atoms with Crippen molar-refractivity contribution in [2.45, 2.75) is 38.8 Å². The lowest BCUT2D eigenvalue weighted by Gasteiger charge is -2.46. The first-order valence-corrected chi connectivity index (χ1v) is 6.13. The van der Waals surface area contributed by atoms with E-state index in [1.165, 1.54) is 12.8 Å². The Bertz CT molecular complexity index is 175. The van der Waals surface area contributed by atoms with Gasteiger partial charge in [0.05, 0.1) is 6.61 Å². The second kappa shape index (κ2) is 6.46. The van der Waals surface area contributed by atoms with Gasteiger partial charge in [0.1, 0.15) is 0 Å². The van der Waals surface area contributed by atoms with Gasteiger partial charge < -0.3 is 10.1 Å². The largest absolute Gasteiger partial charge is 0.383 e. The van der Waals surface area contributed by atoms with E-state index in [9.17, 15) is 0 Å². The molecule has 1 saturated carbocycles. The molecule has 0 aromatic rings. The van der Waals surface area contributed by atoms with Crippen molar-refractivity contribution in [2.24, 2.45) is 5.92 Å². The van der Waals surface area contributed by atoms with Gasteiger partial charge in [-0.25, -0.2) is 0 Å². The average Bonchev–Trinajstić information content (AvgIpc) is 2.20. The zero-order chi connectivity index (χ0) is 11.3. The molecule has 0 aromatic carbocycles. The first-order chi connectivity index (χ1) is 7.24. The molecule has 3 unspecified atom stereocenters. The predicted octanol–water partition coefficient (Wildman–Crippen LogP) is 1.34. The Balaban J connectivity index is 2.43. The summed E-state index contributed by atoms with van der Waals surface area (Å²) in [4.78, 5) is 2.59. The molecule has 0 spiro atoms. The molecule has 1 N–H and O–H groups in total. The predicted molar refractivity (Wildman–Crippen MR) is 64.2 cm³/mol. The van der Waals surface area contributed by atoms with Crippen molar-refractivity contribution in [1.82, 2.24) is 10.2 Å². The molecule has 1 aliphatic carbocycles. The van der Waals surface area contributed by atoms with Crippen LogP contribution in [0.3, 0.4) is 0 Å². The number of rotatable bonds is 7. The average molecular weight is 214 g/mol. The summed E-state index contributed by atoms with van der Waals surface area (Å²) in [7, 11) is 3.83. The Morgan fingerprint density at radius 2 is 2.20 bits per heavy atom. The fraction of sp³-hybridized carbons (Fsp3) is 1.00. The Hall–Kier alpha value is -0.120. The third-order valence-corrected chi connectivity index (χ3v) is 3.61. The van der Waals surface area contributed by atoms with Crippen LogP contribution in [0.15, 0.2) is 0 Å². The van der Waals surface area contributed by atoms with Crippen molar-refractivity contribution in [3.8, 4) is 0 Å². The summed E-state index contributed by atoms with van der Waals surface area (Å²) in [6, 6.07) is 1.32. The summed E-state index contributed by atoms with van der Waals surface area (Å²) in [6.07, 6.45) is 2.73. The highest BCUT2D eigenvalue weighted by Crippen LogP contribution is 2.32. The molecule has 3 nitrogen and oxygen atoms in total. The van der Waals surface area contributed by atoms with Crippen molar-refractivity contribution in [1.29, 1.82) is 0 Å². The third kappa shape index (κ3) is 3.16. The highest BCUT2D eigenvalue weighted by atomic mass is 16.5. The highest BCUT2D eigenvalue weighted by Gasteiger charge is 2.35. The summed E-state index contributed by atoms with van der Waals surface area (Å²) >= 11 is 0. The van der Waals surface area contributed by atoms with Gasteiger partial charge in [-0.05, 0) is 45.8 Å². The van der Waals surface area contributed by atoms with Crippen LogP contribution in [0.1, 0.15) is 26.7 Å². The van der Waals surface area contributed by atoms with Gasteiger partial charge in [-0.1, -0.05) is 6.92 Å². The molecule has 1 fully saturated rings. The normalized spacial score (nSPS) is 27.8. The zero-order valence-electron chi connectivity index (χ0n) is 10.6. The summed E-state index contributed by atoms with van der Waals surface area (Å²) in [6.45, 7) is 7.65. The van der Waals surface area contributed by atoms with E-state index in [4.69, 9.17) is 4.74 Å². The molecule has 0 amide bonds. The fourth-order valence-electron chi connectivity index (χ4n) is 2.70. The van der Waals surface area contributed by atoms with Crippen LogP contribution in [0, 0.1) is 5.92 Å².